The van der Waals surface area contributed by atoms with Crippen LogP contribution in [0.1, 0.15) is 16.2 Å². The Morgan fingerprint density at radius 2 is 1.79 bits per heavy atom. The minimum Gasteiger partial charge on any atom is -0.318 e. The zero-order valence-electron chi connectivity index (χ0n) is 15.2. The van der Waals surface area contributed by atoms with Crippen LogP contribution in [0.2, 0.25) is 10.0 Å². The highest BCUT2D eigenvalue weighted by molar-refractivity contribution is 6.32. The minimum atomic E-state index is -0.646. The molecular formula is C21H14Cl2N4O2. The van der Waals surface area contributed by atoms with Gasteiger partial charge in [0.2, 0.25) is 5.43 Å². The van der Waals surface area contributed by atoms with E-state index in [-0.39, 0.29) is 5.69 Å². The summed E-state index contributed by atoms with van der Waals surface area (Å²) in [5, 5.41) is 8.76. The van der Waals surface area contributed by atoms with Crippen molar-refractivity contribution in [3.8, 4) is 5.69 Å². The van der Waals surface area contributed by atoms with Crippen LogP contribution in [0.15, 0.2) is 65.6 Å². The average Bonchev–Trinajstić information content (AvgIpc) is 2.69. The molecule has 1 N–H and O–H groups in total. The van der Waals surface area contributed by atoms with Crippen molar-refractivity contribution in [3.63, 3.8) is 0 Å². The van der Waals surface area contributed by atoms with E-state index in [1.807, 2.05) is 6.07 Å². The maximum Gasteiger partial charge on any atom is 0.280 e. The molecule has 2 aromatic heterocycles. The Balaban J connectivity index is 1.76. The van der Waals surface area contributed by atoms with Crippen LogP contribution in [0, 0.1) is 6.92 Å². The lowest BCUT2D eigenvalue weighted by Crippen LogP contribution is -2.27. The molecule has 0 unspecified atom stereocenters. The number of nitrogens with zero attached hydrogens (tertiary/aromatic N) is 3. The molecule has 8 heteroatoms. The number of fused-ring (bicyclic) bond motifs is 1. The predicted octanol–water partition coefficient (Wildman–Crippen LogP) is 4.65. The van der Waals surface area contributed by atoms with Gasteiger partial charge in [0.05, 0.1) is 16.9 Å². The maximum atomic E-state index is 12.9. The van der Waals surface area contributed by atoms with Crippen molar-refractivity contribution >= 4 is 45.7 Å². The van der Waals surface area contributed by atoms with E-state index in [1.165, 1.54) is 10.7 Å². The van der Waals surface area contributed by atoms with Crippen LogP contribution >= 0.6 is 23.2 Å². The topological polar surface area (TPSA) is 76.9 Å². The fourth-order valence-corrected chi connectivity index (χ4v) is 3.33. The summed E-state index contributed by atoms with van der Waals surface area (Å²) >= 11 is 12.1. The summed E-state index contributed by atoms with van der Waals surface area (Å²) in [6.45, 7) is 1.74. The third kappa shape index (κ3) is 3.85. The molecule has 6 nitrogen and oxygen atoms in total. The van der Waals surface area contributed by atoms with Gasteiger partial charge in [0.25, 0.3) is 5.91 Å². The number of hydrogen-bond donors (Lipinski definition) is 1. The molecule has 0 saturated carbocycles. The molecule has 29 heavy (non-hydrogen) atoms. The second-order valence-corrected chi connectivity index (χ2v) is 7.24. The molecule has 4 aromatic rings. The van der Waals surface area contributed by atoms with Gasteiger partial charge in [-0.05, 0) is 49.4 Å². The zero-order chi connectivity index (χ0) is 20.5. The number of carbonyl (C=O) groups excluding carboxylic acids is 1. The number of benzene rings is 2. The number of nitrogens with one attached hydrogen (secondary N) is 1. The number of hydrogen-bond acceptors (Lipinski definition) is 4. The number of carbonyl (C=O) groups is 1. The van der Waals surface area contributed by atoms with Gasteiger partial charge >= 0.3 is 0 Å². The zero-order valence-corrected chi connectivity index (χ0v) is 16.7. The second-order valence-electron chi connectivity index (χ2n) is 6.37. The number of halogens is 2. The summed E-state index contributed by atoms with van der Waals surface area (Å²) < 4.78 is 1.51. The van der Waals surface area contributed by atoms with Crippen molar-refractivity contribution < 1.29 is 4.79 Å². The lowest BCUT2D eigenvalue weighted by atomic mass is 10.2. The van der Waals surface area contributed by atoms with Crippen molar-refractivity contribution in [2.75, 3.05) is 5.32 Å². The molecule has 0 aliphatic carbocycles. The molecule has 1 amide bonds. The van der Waals surface area contributed by atoms with E-state index in [9.17, 15) is 9.59 Å². The molecule has 0 radical (unpaired) electrons. The Hall–Kier alpha value is -3.22. The van der Waals surface area contributed by atoms with Crippen LogP contribution in [-0.2, 0) is 0 Å². The highest BCUT2D eigenvalue weighted by Gasteiger charge is 2.17. The van der Waals surface area contributed by atoms with Crippen LogP contribution < -0.4 is 10.7 Å². The second kappa shape index (κ2) is 7.66. The third-order valence-electron chi connectivity index (χ3n) is 4.31. The smallest absolute Gasteiger partial charge is 0.280 e. The van der Waals surface area contributed by atoms with E-state index in [2.05, 4.69) is 15.4 Å². The monoisotopic (exact) mass is 424 g/mol. The van der Waals surface area contributed by atoms with E-state index in [4.69, 9.17) is 23.2 Å². The Morgan fingerprint density at radius 3 is 2.55 bits per heavy atom. The maximum absolute atomic E-state index is 12.9. The van der Waals surface area contributed by atoms with Crippen molar-refractivity contribution in [1.29, 1.82) is 0 Å². The van der Waals surface area contributed by atoms with Crippen molar-refractivity contribution in [2.24, 2.45) is 0 Å². The van der Waals surface area contributed by atoms with Gasteiger partial charge in [-0.1, -0.05) is 29.3 Å². The standard InChI is InChI=1S/C21H14Cl2N4O2/c1-12-9-18(28)20(26-27(12)16-6-4-14(22)5-7-16)21(29)25-17-11-15(23)10-13-3-2-8-24-19(13)17/h2-11H,1H3,(H,25,29). The van der Waals surface area contributed by atoms with Gasteiger partial charge < -0.3 is 5.32 Å². The Bertz CT molecular complexity index is 1300. The number of pyridine rings is 1. The molecule has 0 atom stereocenters. The van der Waals surface area contributed by atoms with Crippen LogP contribution in [0.3, 0.4) is 0 Å². The summed E-state index contributed by atoms with van der Waals surface area (Å²) in [4.78, 5) is 29.6. The van der Waals surface area contributed by atoms with E-state index in [0.717, 1.165) is 5.39 Å². The van der Waals surface area contributed by atoms with Crippen LogP contribution in [0.5, 0.6) is 0 Å². The first-order valence-electron chi connectivity index (χ1n) is 8.65. The van der Waals surface area contributed by atoms with Gasteiger partial charge in [0.1, 0.15) is 0 Å². The molecule has 2 aromatic carbocycles. The highest BCUT2D eigenvalue weighted by atomic mass is 35.5. The van der Waals surface area contributed by atoms with Crippen LogP contribution in [-0.4, -0.2) is 20.7 Å². The van der Waals surface area contributed by atoms with Gasteiger partial charge in [-0.25, -0.2) is 4.68 Å². The van der Waals surface area contributed by atoms with E-state index >= 15 is 0 Å². The van der Waals surface area contributed by atoms with Crippen molar-refractivity contribution in [1.82, 2.24) is 14.8 Å². The minimum absolute atomic E-state index is 0.241. The fraction of sp³-hybridized carbons (Fsp3) is 0.0476. The normalized spacial score (nSPS) is 10.9. The molecule has 144 valence electrons. The molecule has 0 aliphatic heterocycles. The molecule has 0 spiro atoms. The summed E-state index contributed by atoms with van der Waals surface area (Å²) in [5.74, 6) is -0.646. The third-order valence-corrected chi connectivity index (χ3v) is 4.78. The molecule has 0 aliphatic rings. The first kappa shape index (κ1) is 19.1. The summed E-state index contributed by atoms with van der Waals surface area (Å²) in [6, 6.07) is 15.2. The largest absolute Gasteiger partial charge is 0.318 e. The van der Waals surface area contributed by atoms with Gasteiger partial charge in [0, 0.05) is 33.4 Å². The van der Waals surface area contributed by atoms with Crippen molar-refractivity contribution in [3.05, 3.63) is 92.5 Å². The van der Waals surface area contributed by atoms with E-state index < -0.39 is 11.3 Å². The first-order valence-corrected chi connectivity index (χ1v) is 9.40. The Kier molecular flexibility index (Phi) is 5.05. The number of amides is 1. The Labute approximate surface area is 175 Å². The van der Waals surface area contributed by atoms with E-state index in [1.54, 1.807) is 55.6 Å². The average molecular weight is 425 g/mol. The van der Waals surface area contributed by atoms with Crippen molar-refractivity contribution in [2.45, 2.75) is 6.92 Å². The van der Waals surface area contributed by atoms with E-state index in [0.29, 0.717) is 32.6 Å². The molecule has 0 fully saturated rings. The Morgan fingerprint density at radius 1 is 1.03 bits per heavy atom. The summed E-state index contributed by atoms with van der Waals surface area (Å²) in [7, 11) is 0. The number of aromatic nitrogens is 3. The van der Waals surface area contributed by atoms with Gasteiger partial charge in [-0.2, -0.15) is 5.10 Å². The quantitative estimate of drug-likeness (QED) is 0.519. The lowest BCUT2D eigenvalue weighted by Gasteiger charge is -2.12. The summed E-state index contributed by atoms with van der Waals surface area (Å²) in [5.41, 5.74) is 1.51. The fourth-order valence-electron chi connectivity index (χ4n) is 2.98. The first-order chi connectivity index (χ1) is 13.9. The lowest BCUT2D eigenvalue weighted by molar-refractivity contribution is 0.101. The molecule has 0 saturated heterocycles. The number of aryl methyl sites for hydroxylation is 1. The van der Waals surface area contributed by atoms with Crippen LogP contribution in [0.4, 0.5) is 5.69 Å². The summed E-state index contributed by atoms with van der Waals surface area (Å²) in [6.07, 6.45) is 1.61. The SMILES string of the molecule is Cc1cc(=O)c(C(=O)Nc2cc(Cl)cc3cccnc23)nn1-c1ccc(Cl)cc1. The van der Waals surface area contributed by atoms with Gasteiger partial charge in [-0.3, -0.25) is 14.6 Å². The molecule has 4 rings (SSSR count). The van der Waals surface area contributed by atoms with Gasteiger partial charge in [-0.15, -0.1) is 0 Å². The number of anilines is 1. The predicted molar refractivity (Wildman–Crippen MR) is 114 cm³/mol. The molecular weight excluding hydrogens is 411 g/mol. The molecule has 2 heterocycles. The number of rotatable bonds is 3. The molecule has 0 bridgehead atoms. The van der Waals surface area contributed by atoms with Gasteiger partial charge in [0.15, 0.2) is 5.69 Å². The highest BCUT2D eigenvalue weighted by Crippen LogP contribution is 2.26. The van der Waals surface area contributed by atoms with Crippen LogP contribution in [0.25, 0.3) is 16.6 Å².